The third-order valence-electron chi connectivity index (χ3n) is 6.26. The number of nitrogens with zero attached hydrogens (tertiary/aromatic N) is 1. The third kappa shape index (κ3) is 9.23. The first-order valence-corrected chi connectivity index (χ1v) is 13.7. The second-order valence-corrected chi connectivity index (χ2v) is 10.0. The average molecular weight is 535 g/mol. The molecule has 0 bridgehead atoms. The molecule has 3 rings (SSSR count). The van der Waals surface area contributed by atoms with Gasteiger partial charge in [0.25, 0.3) is 0 Å². The molecule has 202 valence electrons. The van der Waals surface area contributed by atoms with Crippen molar-refractivity contribution in [1.82, 2.24) is 10.2 Å². The van der Waals surface area contributed by atoms with Gasteiger partial charge in [0.15, 0.2) is 0 Å². The van der Waals surface area contributed by atoms with Crippen LogP contribution in [0.25, 0.3) is 11.1 Å². The van der Waals surface area contributed by atoms with E-state index in [0.29, 0.717) is 23.9 Å². The number of hydrogen-bond donors (Lipinski definition) is 1. The van der Waals surface area contributed by atoms with Crippen LogP contribution >= 0.6 is 11.6 Å². The standard InChI is InChI=1S/C32H39ClN2O3/c1-5-6-7-8-21-34-32(36)38-30-19-13-27(14-20-30)31(24(2)25-9-15-28(33)16-10-25)26-11-17-29(18-12-26)37-23-22-35(3)4/h9-20H,5-8,21-23H2,1-4H3,(H,34,36)/b31-24+. The second kappa shape index (κ2) is 15.2. The van der Waals surface area contributed by atoms with Crippen molar-refractivity contribution in [2.45, 2.75) is 39.5 Å². The topological polar surface area (TPSA) is 50.8 Å². The van der Waals surface area contributed by atoms with E-state index >= 15 is 0 Å². The van der Waals surface area contributed by atoms with Crippen LogP contribution in [-0.4, -0.2) is 44.8 Å². The van der Waals surface area contributed by atoms with E-state index < -0.39 is 6.09 Å². The van der Waals surface area contributed by atoms with E-state index in [9.17, 15) is 4.79 Å². The molecule has 0 heterocycles. The van der Waals surface area contributed by atoms with Crippen molar-refractivity contribution in [3.63, 3.8) is 0 Å². The van der Waals surface area contributed by atoms with E-state index in [1.807, 2.05) is 74.8 Å². The zero-order valence-electron chi connectivity index (χ0n) is 22.9. The fraction of sp³-hybridized carbons (Fsp3) is 0.344. The normalized spacial score (nSPS) is 11.7. The SMILES string of the molecule is CCCCCCNC(=O)Oc1ccc(/C(=C(\C)c2ccc(Cl)cc2)c2ccc(OCCN(C)C)cc2)cc1. The van der Waals surface area contributed by atoms with Gasteiger partial charge in [0, 0.05) is 18.1 Å². The van der Waals surface area contributed by atoms with Crippen LogP contribution in [0.15, 0.2) is 72.8 Å². The highest BCUT2D eigenvalue weighted by Crippen LogP contribution is 2.34. The van der Waals surface area contributed by atoms with Gasteiger partial charge in [-0.05, 0) is 91.7 Å². The summed E-state index contributed by atoms with van der Waals surface area (Å²) in [5.74, 6) is 1.34. The number of carbonyl (C=O) groups excluding carboxylic acids is 1. The van der Waals surface area contributed by atoms with E-state index in [1.54, 1.807) is 0 Å². The lowest BCUT2D eigenvalue weighted by Gasteiger charge is -2.16. The molecule has 1 N–H and O–H groups in total. The molecule has 6 heteroatoms. The molecular weight excluding hydrogens is 496 g/mol. The molecule has 38 heavy (non-hydrogen) atoms. The Bertz CT molecular complexity index is 1170. The lowest BCUT2D eigenvalue weighted by Crippen LogP contribution is -2.27. The van der Waals surface area contributed by atoms with Gasteiger partial charge in [-0.25, -0.2) is 4.79 Å². The number of halogens is 1. The van der Waals surface area contributed by atoms with Gasteiger partial charge < -0.3 is 19.7 Å². The number of benzene rings is 3. The molecule has 1 amide bonds. The fourth-order valence-electron chi connectivity index (χ4n) is 4.08. The molecule has 0 unspecified atom stereocenters. The Kier molecular flexibility index (Phi) is 11.7. The first kappa shape index (κ1) is 29.3. The van der Waals surface area contributed by atoms with Crippen LogP contribution in [0.1, 0.15) is 56.2 Å². The van der Waals surface area contributed by atoms with Crippen molar-refractivity contribution in [2.24, 2.45) is 0 Å². The lowest BCUT2D eigenvalue weighted by molar-refractivity contribution is 0.200. The minimum absolute atomic E-state index is 0.424. The molecule has 0 aliphatic carbocycles. The summed E-state index contributed by atoms with van der Waals surface area (Å²) in [5.41, 5.74) is 5.36. The summed E-state index contributed by atoms with van der Waals surface area (Å²) in [4.78, 5) is 14.3. The monoisotopic (exact) mass is 534 g/mol. The molecule has 0 atom stereocenters. The van der Waals surface area contributed by atoms with Crippen LogP contribution in [-0.2, 0) is 0 Å². The maximum Gasteiger partial charge on any atom is 0.412 e. The van der Waals surface area contributed by atoms with Gasteiger partial charge >= 0.3 is 6.09 Å². The summed E-state index contributed by atoms with van der Waals surface area (Å²) < 4.78 is 11.4. The van der Waals surface area contributed by atoms with Crippen LogP contribution in [0.2, 0.25) is 5.02 Å². The Balaban J connectivity index is 1.81. The van der Waals surface area contributed by atoms with E-state index in [0.717, 1.165) is 53.0 Å². The molecule has 3 aromatic rings. The van der Waals surface area contributed by atoms with Crippen LogP contribution < -0.4 is 14.8 Å². The minimum atomic E-state index is -0.424. The van der Waals surface area contributed by atoms with Gasteiger partial charge in [0.05, 0.1) is 0 Å². The van der Waals surface area contributed by atoms with Gasteiger partial charge in [-0.15, -0.1) is 0 Å². The van der Waals surface area contributed by atoms with Crippen molar-refractivity contribution < 1.29 is 14.3 Å². The molecule has 0 aliphatic rings. The molecule has 0 aromatic heterocycles. The summed E-state index contributed by atoms with van der Waals surface area (Å²) in [6.45, 7) is 6.38. The van der Waals surface area contributed by atoms with E-state index in [1.165, 1.54) is 12.8 Å². The average Bonchev–Trinajstić information content (AvgIpc) is 2.91. The van der Waals surface area contributed by atoms with Crippen molar-refractivity contribution in [2.75, 3.05) is 33.8 Å². The Morgan fingerprint density at radius 1 is 0.816 bits per heavy atom. The number of nitrogens with one attached hydrogen (secondary N) is 1. The predicted molar refractivity (Wildman–Crippen MR) is 158 cm³/mol. The second-order valence-electron chi connectivity index (χ2n) is 9.58. The van der Waals surface area contributed by atoms with Gasteiger partial charge in [-0.3, -0.25) is 0 Å². The van der Waals surface area contributed by atoms with E-state index in [4.69, 9.17) is 21.1 Å². The number of amides is 1. The smallest absolute Gasteiger partial charge is 0.412 e. The van der Waals surface area contributed by atoms with Gasteiger partial charge in [-0.1, -0.05) is 74.2 Å². The maximum absolute atomic E-state index is 12.2. The molecule has 0 spiro atoms. The number of likely N-dealkylation sites (N-methyl/N-ethyl adjacent to an activating group) is 1. The predicted octanol–water partition coefficient (Wildman–Crippen LogP) is 7.93. The summed E-state index contributed by atoms with van der Waals surface area (Å²) in [6.07, 6.45) is 3.98. The summed E-state index contributed by atoms with van der Waals surface area (Å²) in [5, 5.41) is 3.53. The van der Waals surface area contributed by atoms with Crippen LogP contribution in [0.4, 0.5) is 4.79 Å². The molecule has 3 aromatic carbocycles. The molecule has 0 saturated heterocycles. The molecule has 0 aliphatic heterocycles. The largest absolute Gasteiger partial charge is 0.492 e. The highest BCUT2D eigenvalue weighted by molar-refractivity contribution is 6.30. The highest BCUT2D eigenvalue weighted by atomic mass is 35.5. The van der Waals surface area contributed by atoms with Crippen molar-refractivity contribution in [3.05, 3.63) is 94.5 Å². The molecule has 5 nitrogen and oxygen atoms in total. The molecule has 0 saturated carbocycles. The van der Waals surface area contributed by atoms with E-state index in [2.05, 4.69) is 36.2 Å². The third-order valence-corrected chi connectivity index (χ3v) is 6.51. The van der Waals surface area contributed by atoms with E-state index in [-0.39, 0.29) is 0 Å². The number of unbranched alkanes of at least 4 members (excludes halogenated alkanes) is 3. The van der Waals surface area contributed by atoms with Crippen LogP contribution in [0.3, 0.4) is 0 Å². The number of rotatable bonds is 13. The Hall–Kier alpha value is -3.28. The number of allylic oxidation sites excluding steroid dienone is 1. The van der Waals surface area contributed by atoms with Gasteiger partial charge in [0.2, 0.25) is 0 Å². The zero-order valence-corrected chi connectivity index (χ0v) is 23.7. The lowest BCUT2D eigenvalue weighted by atomic mass is 9.90. The zero-order chi connectivity index (χ0) is 27.3. The van der Waals surface area contributed by atoms with Crippen molar-refractivity contribution in [3.8, 4) is 11.5 Å². The Labute approximate surface area is 232 Å². The summed E-state index contributed by atoms with van der Waals surface area (Å²) in [7, 11) is 4.06. The summed E-state index contributed by atoms with van der Waals surface area (Å²) >= 11 is 6.14. The number of carbonyl (C=O) groups is 1. The first-order chi connectivity index (χ1) is 18.4. The maximum atomic E-state index is 12.2. The molecule has 0 radical (unpaired) electrons. The summed E-state index contributed by atoms with van der Waals surface area (Å²) in [6, 6.07) is 23.7. The first-order valence-electron chi connectivity index (χ1n) is 13.3. The quantitative estimate of drug-likeness (QED) is 0.179. The fourth-order valence-corrected chi connectivity index (χ4v) is 4.21. The Morgan fingerprint density at radius 3 is 1.97 bits per heavy atom. The van der Waals surface area contributed by atoms with Crippen LogP contribution in [0, 0.1) is 0 Å². The molecule has 0 fully saturated rings. The van der Waals surface area contributed by atoms with Crippen molar-refractivity contribution >= 4 is 28.8 Å². The van der Waals surface area contributed by atoms with Gasteiger partial charge in [0.1, 0.15) is 18.1 Å². The highest BCUT2D eigenvalue weighted by Gasteiger charge is 2.13. The Morgan fingerprint density at radius 2 is 1.39 bits per heavy atom. The van der Waals surface area contributed by atoms with Crippen molar-refractivity contribution in [1.29, 1.82) is 0 Å². The number of ether oxygens (including phenoxy) is 2. The molecular formula is C32H39ClN2O3. The number of hydrogen-bond acceptors (Lipinski definition) is 4. The van der Waals surface area contributed by atoms with Gasteiger partial charge in [-0.2, -0.15) is 0 Å². The minimum Gasteiger partial charge on any atom is -0.492 e. The van der Waals surface area contributed by atoms with Crippen LogP contribution in [0.5, 0.6) is 11.5 Å².